The zero-order chi connectivity index (χ0) is 14.5. The predicted octanol–water partition coefficient (Wildman–Crippen LogP) is 3.06. The van der Waals surface area contributed by atoms with E-state index < -0.39 is 0 Å². The molecular formula is C16H29N3. The smallest absolute Gasteiger partial charge is 0.0544 e. The van der Waals surface area contributed by atoms with Gasteiger partial charge in [-0.05, 0) is 24.1 Å². The number of aromatic nitrogens is 1. The highest BCUT2D eigenvalue weighted by Crippen LogP contribution is 2.15. The molecule has 0 saturated heterocycles. The molecule has 1 heterocycles. The molecule has 0 bridgehead atoms. The Morgan fingerprint density at radius 2 is 1.95 bits per heavy atom. The molecule has 1 aromatic heterocycles. The lowest BCUT2D eigenvalue weighted by Crippen LogP contribution is -2.29. The summed E-state index contributed by atoms with van der Waals surface area (Å²) in [5.41, 5.74) is 2.71. The highest BCUT2D eigenvalue weighted by molar-refractivity contribution is 5.14. The molecule has 0 aliphatic carbocycles. The van der Waals surface area contributed by atoms with E-state index >= 15 is 0 Å². The van der Waals surface area contributed by atoms with Crippen LogP contribution in [0.4, 0.5) is 0 Å². The number of pyridine rings is 1. The van der Waals surface area contributed by atoms with Gasteiger partial charge in [-0.2, -0.15) is 0 Å². The van der Waals surface area contributed by atoms with Gasteiger partial charge in [-0.3, -0.25) is 4.98 Å². The summed E-state index contributed by atoms with van der Waals surface area (Å²) in [6.45, 7) is 14.0. The van der Waals surface area contributed by atoms with Crippen molar-refractivity contribution in [3.05, 3.63) is 29.6 Å². The van der Waals surface area contributed by atoms with Gasteiger partial charge in [-0.1, -0.05) is 40.7 Å². The van der Waals surface area contributed by atoms with Crippen LogP contribution in [0.2, 0.25) is 0 Å². The fraction of sp³-hybridized carbons (Fsp3) is 0.688. The molecule has 0 atom stereocenters. The van der Waals surface area contributed by atoms with E-state index in [9.17, 15) is 0 Å². The van der Waals surface area contributed by atoms with Crippen molar-refractivity contribution in [3.8, 4) is 0 Å². The van der Waals surface area contributed by atoms with Gasteiger partial charge in [0.25, 0.3) is 0 Å². The molecule has 0 aliphatic heterocycles. The Morgan fingerprint density at radius 3 is 2.42 bits per heavy atom. The molecule has 1 rings (SSSR count). The van der Waals surface area contributed by atoms with Crippen LogP contribution in [0.15, 0.2) is 18.3 Å². The van der Waals surface area contributed by atoms with Gasteiger partial charge in [0.2, 0.25) is 0 Å². The summed E-state index contributed by atoms with van der Waals surface area (Å²) in [4.78, 5) is 6.87. The van der Waals surface area contributed by atoms with E-state index in [2.05, 4.69) is 69.0 Å². The van der Waals surface area contributed by atoms with Crippen LogP contribution >= 0.6 is 0 Å². The molecule has 0 radical (unpaired) electrons. The van der Waals surface area contributed by atoms with Crippen LogP contribution in [0.3, 0.4) is 0 Å². The quantitative estimate of drug-likeness (QED) is 0.855. The summed E-state index contributed by atoms with van der Waals surface area (Å²) in [6, 6.07) is 4.82. The molecule has 0 aromatic carbocycles. The lowest BCUT2D eigenvalue weighted by Gasteiger charge is -2.26. The van der Waals surface area contributed by atoms with Crippen LogP contribution in [0.25, 0.3) is 0 Å². The molecule has 1 aromatic rings. The Morgan fingerprint density at radius 1 is 1.26 bits per heavy atom. The molecule has 108 valence electrons. The second-order valence-electron chi connectivity index (χ2n) is 6.93. The standard InChI is InChI=1S/C16H29N3/c1-13(2)17-9-14-7-8-15(18-10-14)11-19(6)12-16(3,4)5/h7-8,10,13,17H,9,11-12H2,1-6H3. The van der Waals surface area contributed by atoms with E-state index in [1.165, 1.54) is 5.56 Å². The van der Waals surface area contributed by atoms with E-state index in [0.717, 1.165) is 25.3 Å². The Kier molecular flexibility index (Phi) is 5.95. The SMILES string of the molecule is CC(C)NCc1ccc(CN(C)CC(C)(C)C)nc1. The van der Waals surface area contributed by atoms with Gasteiger partial charge in [-0.25, -0.2) is 0 Å². The number of nitrogens with one attached hydrogen (secondary N) is 1. The second kappa shape index (κ2) is 7.01. The summed E-state index contributed by atoms with van der Waals surface area (Å²) in [6.07, 6.45) is 1.98. The minimum Gasteiger partial charge on any atom is -0.310 e. The van der Waals surface area contributed by atoms with Gasteiger partial charge in [-0.15, -0.1) is 0 Å². The normalized spacial score (nSPS) is 12.4. The van der Waals surface area contributed by atoms with Gasteiger partial charge in [0.15, 0.2) is 0 Å². The zero-order valence-electron chi connectivity index (χ0n) is 13.3. The third-order valence-corrected chi connectivity index (χ3v) is 2.78. The minimum atomic E-state index is 0.329. The summed E-state index contributed by atoms with van der Waals surface area (Å²) in [5.74, 6) is 0. The highest BCUT2D eigenvalue weighted by atomic mass is 15.1. The van der Waals surface area contributed by atoms with Crippen molar-refractivity contribution >= 4 is 0 Å². The maximum atomic E-state index is 4.54. The maximum absolute atomic E-state index is 4.54. The first kappa shape index (κ1) is 16.1. The van der Waals surface area contributed by atoms with Crippen LogP contribution in [-0.2, 0) is 13.1 Å². The Hall–Kier alpha value is -0.930. The first-order chi connectivity index (χ1) is 8.76. The third kappa shape index (κ3) is 7.28. The highest BCUT2D eigenvalue weighted by Gasteiger charge is 2.13. The monoisotopic (exact) mass is 263 g/mol. The molecule has 3 nitrogen and oxygen atoms in total. The number of nitrogens with zero attached hydrogens (tertiary/aromatic N) is 2. The third-order valence-electron chi connectivity index (χ3n) is 2.78. The largest absolute Gasteiger partial charge is 0.310 e. The van der Waals surface area contributed by atoms with Gasteiger partial charge in [0.1, 0.15) is 0 Å². The van der Waals surface area contributed by atoms with E-state index in [4.69, 9.17) is 0 Å². The van der Waals surface area contributed by atoms with Gasteiger partial charge >= 0.3 is 0 Å². The van der Waals surface area contributed by atoms with Gasteiger partial charge in [0, 0.05) is 31.9 Å². The Bertz CT molecular complexity index is 363. The van der Waals surface area contributed by atoms with Crippen molar-refractivity contribution in [2.75, 3.05) is 13.6 Å². The molecule has 0 aliphatic rings. The first-order valence-corrected chi connectivity index (χ1v) is 7.12. The lowest BCUT2D eigenvalue weighted by molar-refractivity contribution is 0.219. The minimum absolute atomic E-state index is 0.329. The zero-order valence-corrected chi connectivity index (χ0v) is 13.3. The van der Waals surface area contributed by atoms with E-state index in [-0.39, 0.29) is 0 Å². The van der Waals surface area contributed by atoms with Crippen molar-refractivity contribution in [2.24, 2.45) is 5.41 Å². The summed E-state index contributed by atoms with van der Waals surface area (Å²) in [7, 11) is 2.15. The molecule has 0 unspecified atom stereocenters. The maximum Gasteiger partial charge on any atom is 0.0544 e. The predicted molar refractivity (Wildman–Crippen MR) is 82.0 cm³/mol. The van der Waals surface area contributed by atoms with E-state index in [1.807, 2.05) is 6.20 Å². The van der Waals surface area contributed by atoms with Crippen LogP contribution in [-0.4, -0.2) is 29.5 Å². The van der Waals surface area contributed by atoms with Gasteiger partial charge < -0.3 is 10.2 Å². The van der Waals surface area contributed by atoms with Crippen molar-refractivity contribution in [2.45, 2.75) is 53.8 Å². The van der Waals surface area contributed by atoms with Crippen LogP contribution in [0.1, 0.15) is 45.9 Å². The molecule has 0 spiro atoms. The number of hydrogen-bond donors (Lipinski definition) is 1. The van der Waals surface area contributed by atoms with Crippen molar-refractivity contribution in [1.82, 2.24) is 15.2 Å². The van der Waals surface area contributed by atoms with Crippen LogP contribution < -0.4 is 5.32 Å². The van der Waals surface area contributed by atoms with Crippen molar-refractivity contribution < 1.29 is 0 Å². The average molecular weight is 263 g/mol. The fourth-order valence-electron chi connectivity index (χ4n) is 2.12. The van der Waals surface area contributed by atoms with Crippen LogP contribution in [0, 0.1) is 5.41 Å². The van der Waals surface area contributed by atoms with E-state index in [1.54, 1.807) is 0 Å². The van der Waals surface area contributed by atoms with Crippen molar-refractivity contribution in [3.63, 3.8) is 0 Å². The lowest BCUT2D eigenvalue weighted by atomic mass is 9.96. The number of rotatable bonds is 6. The fourth-order valence-corrected chi connectivity index (χ4v) is 2.12. The molecule has 0 amide bonds. The topological polar surface area (TPSA) is 28.2 Å². The molecule has 19 heavy (non-hydrogen) atoms. The Balaban J connectivity index is 2.48. The average Bonchev–Trinajstić information content (AvgIpc) is 2.25. The van der Waals surface area contributed by atoms with Crippen molar-refractivity contribution in [1.29, 1.82) is 0 Å². The Labute approximate surface area is 118 Å². The molecule has 1 N–H and O–H groups in total. The first-order valence-electron chi connectivity index (χ1n) is 7.12. The molecular weight excluding hydrogens is 234 g/mol. The molecule has 0 fully saturated rings. The second-order valence-corrected chi connectivity index (χ2v) is 6.93. The summed E-state index contributed by atoms with van der Waals surface area (Å²) in [5, 5.41) is 3.40. The van der Waals surface area contributed by atoms with Gasteiger partial charge in [0.05, 0.1) is 5.69 Å². The van der Waals surface area contributed by atoms with E-state index in [0.29, 0.717) is 11.5 Å². The number of hydrogen-bond acceptors (Lipinski definition) is 3. The summed E-state index contributed by atoms with van der Waals surface area (Å²) < 4.78 is 0. The summed E-state index contributed by atoms with van der Waals surface area (Å²) >= 11 is 0. The van der Waals surface area contributed by atoms with Crippen LogP contribution in [0.5, 0.6) is 0 Å². The molecule has 0 saturated carbocycles. The molecule has 3 heteroatoms.